The molecule has 0 bridgehead atoms. The number of nitrogens with zero attached hydrogens (tertiary/aromatic N) is 1. The van der Waals surface area contributed by atoms with Gasteiger partial charge >= 0.3 is 12.1 Å². The summed E-state index contributed by atoms with van der Waals surface area (Å²) in [7, 11) is 0. The van der Waals surface area contributed by atoms with Gasteiger partial charge in [-0.25, -0.2) is 14.0 Å². The Bertz CT molecular complexity index is 885. The van der Waals surface area contributed by atoms with Crippen molar-refractivity contribution in [3.05, 3.63) is 65.0 Å². The third-order valence-electron chi connectivity index (χ3n) is 4.86. The monoisotopic (exact) mass is 401 g/mol. The molecule has 2 aromatic rings. The molecule has 0 aliphatic carbocycles. The van der Waals surface area contributed by atoms with E-state index in [4.69, 9.17) is 14.6 Å². The molecule has 1 aliphatic rings. The van der Waals surface area contributed by atoms with Gasteiger partial charge in [-0.15, -0.1) is 0 Å². The van der Waals surface area contributed by atoms with Crippen molar-refractivity contribution in [2.75, 3.05) is 19.8 Å². The van der Waals surface area contributed by atoms with Gasteiger partial charge in [0, 0.05) is 12.1 Å². The van der Waals surface area contributed by atoms with E-state index < -0.39 is 30.5 Å². The van der Waals surface area contributed by atoms with E-state index in [-0.39, 0.29) is 5.75 Å². The van der Waals surface area contributed by atoms with Gasteiger partial charge in [0.1, 0.15) is 11.6 Å². The Balaban J connectivity index is 2.02. The van der Waals surface area contributed by atoms with Gasteiger partial charge in [0.2, 0.25) is 0 Å². The first-order chi connectivity index (χ1) is 14.0. The van der Waals surface area contributed by atoms with Gasteiger partial charge < -0.3 is 14.6 Å². The zero-order valence-electron chi connectivity index (χ0n) is 16.3. The molecule has 1 atom stereocenters. The van der Waals surface area contributed by atoms with E-state index in [0.717, 1.165) is 24.0 Å². The second-order valence-electron chi connectivity index (χ2n) is 6.88. The lowest BCUT2D eigenvalue weighted by molar-refractivity contribution is -0.139. The number of benzene rings is 2. The van der Waals surface area contributed by atoms with Crippen LogP contribution in [0.3, 0.4) is 0 Å². The molecule has 0 aromatic heterocycles. The minimum absolute atomic E-state index is 0.224. The highest BCUT2D eigenvalue weighted by atomic mass is 19.1. The van der Waals surface area contributed by atoms with Crippen molar-refractivity contribution in [2.45, 2.75) is 32.2 Å². The number of carboxylic acid groups (broad SMARTS) is 1. The van der Waals surface area contributed by atoms with Crippen molar-refractivity contribution in [1.82, 2.24) is 4.90 Å². The Morgan fingerprint density at radius 2 is 2.00 bits per heavy atom. The summed E-state index contributed by atoms with van der Waals surface area (Å²) in [6.45, 7) is 2.16. The summed E-state index contributed by atoms with van der Waals surface area (Å²) < 4.78 is 25.0. The highest BCUT2D eigenvalue weighted by molar-refractivity contribution is 5.71. The fraction of sp³-hybridized carbons (Fsp3) is 0.364. The molecular formula is C22H24FNO5. The molecule has 0 spiro atoms. The minimum Gasteiger partial charge on any atom is -0.482 e. The number of hydrogen-bond acceptors (Lipinski definition) is 4. The van der Waals surface area contributed by atoms with Crippen LogP contribution in [0.2, 0.25) is 0 Å². The van der Waals surface area contributed by atoms with E-state index >= 15 is 0 Å². The van der Waals surface area contributed by atoms with Crippen molar-refractivity contribution in [3.8, 4) is 5.75 Å². The topological polar surface area (TPSA) is 76.1 Å². The third kappa shape index (κ3) is 4.85. The van der Waals surface area contributed by atoms with Crippen LogP contribution >= 0.6 is 0 Å². The smallest absolute Gasteiger partial charge is 0.410 e. The van der Waals surface area contributed by atoms with Crippen LogP contribution in [0.15, 0.2) is 42.5 Å². The number of carboxylic acids is 1. The number of unbranched alkanes of at least 4 members (excludes halogenated alkanes) is 1. The van der Waals surface area contributed by atoms with Gasteiger partial charge in [-0.2, -0.15) is 0 Å². The van der Waals surface area contributed by atoms with E-state index in [1.807, 2.05) is 31.2 Å². The summed E-state index contributed by atoms with van der Waals surface area (Å²) in [5.41, 5.74) is 2.28. The maximum absolute atomic E-state index is 14.1. The molecule has 154 valence electrons. The zero-order valence-corrected chi connectivity index (χ0v) is 16.3. The fourth-order valence-electron chi connectivity index (χ4n) is 3.49. The molecule has 1 N–H and O–H groups in total. The van der Waals surface area contributed by atoms with Crippen LogP contribution in [0, 0.1) is 5.82 Å². The molecule has 0 radical (unpaired) electrons. The Morgan fingerprint density at radius 1 is 1.21 bits per heavy atom. The van der Waals surface area contributed by atoms with E-state index in [0.29, 0.717) is 25.1 Å². The van der Waals surface area contributed by atoms with Gasteiger partial charge in [0.05, 0.1) is 12.6 Å². The number of carbonyl (C=O) groups is 2. The number of ether oxygens (including phenoxy) is 2. The second kappa shape index (κ2) is 9.41. The van der Waals surface area contributed by atoms with Crippen LogP contribution in [-0.2, 0) is 16.0 Å². The normalized spacial score (nSPS) is 15.5. The predicted molar refractivity (Wildman–Crippen MR) is 104 cm³/mol. The molecule has 29 heavy (non-hydrogen) atoms. The molecule has 1 heterocycles. The summed E-state index contributed by atoms with van der Waals surface area (Å²) in [6, 6.07) is 10.9. The van der Waals surface area contributed by atoms with Gasteiger partial charge in [-0.3, -0.25) is 4.90 Å². The average Bonchev–Trinajstić information content (AvgIpc) is 2.72. The number of amides is 1. The lowest BCUT2D eigenvalue weighted by atomic mass is 9.88. The summed E-state index contributed by atoms with van der Waals surface area (Å²) in [4.78, 5) is 25.3. The van der Waals surface area contributed by atoms with Crippen LogP contribution in [0.1, 0.15) is 42.5 Å². The van der Waals surface area contributed by atoms with Crippen molar-refractivity contribution in [1.29, 1.82) is 0 Å². The zero-order chi connectivity index (χ0) is 20.8. The molecule has 6 nitrogen and oxygen atoms in total. The van der Waals surface area contributed by atoms with Crippen LogP contribution in [0.25, 0.3) is 0 Å². The number of aliphatic carboxylic acids is 1. The standard InChI is InChI=1S/C22H24FNO5/c1-2-3-12-28-22(27)24-11-10-15-6-4-5-7-17(15)21(24)18-13-16(23)8-9-19(18)29-14-20(25)26/h4-9,13,21H,2-3,10-12,14H2,1H3,(H,25,26). The molecule has 2 aromatic carbocycles. The van der Waals surface area contributed by atoms with Crippen molar-refractivity contribution < 1.29 is 28.6 Å². The minimum atomic E-state index is -1.14. The molecule has 7 heteroatoms. The summed E-state index contributed by atoms with van der Waals surface area (Å²) in [6.07, 6.45) is 1.83. The highest BCUT2D eigenvalue weighted by Gasteiger charge is 2.35. The largest absolute Gasteiger partial charge is 0.482 e. The molecular weight excluding hydrogens is 377 g/mol. The highest BCUT2D eigenvalue weighted by Crippen LogP contribution is 2.40. The SMILES string of the molecule is CCCCOC(=O)N1CCc2ccccc2C1c1cc(F)ccc1OCC(=O)O. The lowest BCUT2D eigenvalue weighted by Crippen LogP contribution is -2.41. The van der Waals surface area contributed by atoms with Crippen molar-refractivity contribution >= 4 is 12.1 Å². The number of rotatable bonds is 7. The number of carbonyl (C=O) groups excluding carboxylic acids is 1. The van der Waals surface area contributed by atoms with E-state index in [9.17, 15) is 14.0 Å². The Morgan fingerprint density at radius 3 is 2.76 bits per heavy atom. The van der Waals surface area contributed by atoms with Gasteiger partial charge in [0.25, 0.3) is 0 Å². The molecule has 1 amide bonds. The average molecular weight is 401 g/mol. The third-order valence-corrected chi connectivity index (χ3v) is 4.86. The first-order valence-corrected chi connectivity index (χ1v) is 9.66. The predicted octanol–water partition coefficient (Wildman–Crippen LogP) is 4.17. The van der Waals surface area contributed by atoms with Crippen LogP contribution < -0.4 is 4.74 Å². The van der Waals surface area contributed by atoms with Crippen LogP contribution in [0.5, 0.6) is 5.75 Å². The summed E-state index contributed by atoms with van der Waals surface area (Å²) >= 11 is 0. The molecule has 0 saturated carbocycles. The van der Waals surface area contributed by atoms with E-state index in [1.165, 1.54) is 18.2 Å². The number of halogens is 1. The van der Waals surface area contributed by atoms with E-state index in [1.54, 1.807) is 4.90 Å². The molecule has 3 rings (SSSR count). The first kappa shape index (κ1) is 20.6. The molecule has 0 fully saturated rings. The summed E-state index contributed by atoms with van der Waals surface area (Å²) in [5.74, 6) is -1.41. The van der Waals surface area contributed by atoms with Crippen LogP contribution in [0.4, 0.5) is 9.18 Å². The summed E-state index contributed by atoms with van der Waals surface area (Å²) in [5, 5.41) is 8.97. The molecule has 0 saturated heterocycles. The van der Waals surface area contributed by atoms with Gasteiger partial charge in [-0.1, -0.05) is 37.6 Å². The molecule has 1 unspecified atom stereocenters. The van der Waals surface area contributed by atoms with E-state index in [2.05, 4.69) is 0 Å². The van der Waals surface area contributed by atoms with Gasteiger partial charge in [-0.05, 0) is 42.2 Å². The number of fused-ring (bicyclic) bond motifs is 1. The maximum Gasteiger partial charge on any atom is 0.410 e. The Labute approximate surface area is 168 Å². The van der Waals surface area contributed by atoms with Crippen molar-refractivity contribution in [2.24, 2.45) is 0 Å². The number of hydrogen-bond donors (Lipinski definition) is 1. The fourth-order valence-corrected chi connectivity index (χ4v) is 3.49. The second-order valence-corrected chi connectivity index (χ2v) is 6.88. The van der Waals surface area contributed by atoms with Gasteiger partial charge in [0.15, 0.2) is 6.61 Å². The van der Waals surface area contributed by atoms with Crippen LogP contribution in [-0.4, -0.2) is 41.8 Å². The Kier molecular flexibility index (Phi) is 6.69. The first-order valence-electron chi connectivity index (χ1n) is 9.66. The maximum atomic E-state index is 14.1. The lowest BCUT2D eigenvalue weighted by Gasteiger charge is -2.37. The van der Waals surface area contributed by atoms with Crippen molar-refractivity contribution in [3.63, 3.8) is 0 Å². The quantitative estimate of drug-likeness (QED) is 0.705. The Hall–Kier alpha value is -3.09. The molecule has 1 aliphatic heterocycles.